The van der Waals surface area contributed by atoms with E-state index in [0.29, 0.717) is 12.1 Å². The van der Waals surface area contributed by atoms with Gasteiger partial charge in [0.25, 0.3) is 0 Å². The molecule has 1 aliphatic rings. The Balaban J connectivity index is 1.99. The Morgan fingerprint density at radius 3 is 2.69 bits per heavy atom. The topological polar surface area (TPSA) is 24.5 Å². The Kier molecular flexibility index (Phi) is 3.46. The zero-order valence-corrected chi connectivity index (χ0v) is 10.2. The highest BCUT2D eigenvalue weighted by Crippen LogP contribution is 2.25. The van der Waals surface area contributed by atoms with Gasteiger partial charge in [-0.05, 0) is 20.0 Å². The third-order valence-corrected chi connectivity index (χ3v) is 3.16. The van der Waals surface area contributed by atoms with Gasteiger partial charge in [-0.1, -0.05) is 18.2 Å². The van der Waals surface area contributed by atoms with Crippen LogP contribution in [0.4, 0.5) is 0 Å². The van der Waals surface area contributed by atoms with Crippen molar-refractivity contribution in [2.75, 3.05) is 27.2 Å². The van der Waals surface area contributed by atoms with Crippen LogP contribution in [0.15, 0.2) is 24.3 Å². The van der Waals surface area contributed by atoms with Gasteiger partial charge in [-0.25, -0.2) is 0 Å². The van der Waals surface area contributed by atoms with Crippen LogP contribution in [0.3, 0.4) is 0 Å². The molecule has 0 radical (unpaired) electrons. The number of methoxy groups -OCH3 is 1. The molecule has 0 spiro atoms. The molecule has 2 rings (SSSR count). The zero-order chi connectivity index (χ0) is 11.5. The summed E-state index contributed by atoms with van der Waals surface area (Å²) in [7, 11) is 3.87. The molecule has 1 unspecified atom stereocenters. The van der Waals surface area contributed by atoms with Crippen molar-refractivity contribution in [3.8, 4) is 5.75 Å². The van der Waals surface area contributed by atoms with E-state index in [-0.39, 0.29) is 0 Å². The van der Waals surface area contributed by atoms with E-state index in [1.54, 1.807) is 7.11 Å². The average molecular weight is 220 g/mol. The number of hydrogen-bond donors (Lipinski definition) is 1. The van der Waals surface area contributed by atoms with Crippen molar-refractivity contribution in [3.63, 3.8) is 0 Å². The predicted molar refractivity (Wildman–Crippen MR) is 65.8 cm³/mol. The summed E-state index contributed by atoms with van der Waals surface area (Å²) < 4.78 is 5.37. The van der Waals surface area contributed by atoms with E-state index in [0.717, 1.165) is 18.8 Å². The molecule has 1 aromatic carbocycles. The number of benzene rings is 1. The highest BCUT2D eigenvalue weighted by atomic mass is 16.5. The number of nitrogens with zero attached hydrogens (tertiary/aromatic N) is 1. The second-order valence-corrected chi connectivity index (χ2v) is 4.55. The molecule has 1 fully saturated rings. The van der Waals surface area contributed by atoms with Gasteiger partial charge in [0.1, 0.15) is 5.75 Å². The predicted octanol–water partition coefficient (Wildman–Crippen LogP) is 1.66. The first-order chi connectivity index (χ1) is 7.70. The molecule has 1 aromatic rings. The highest BCUT2D eigenvalue weighted by Gasteiger charge is 2.25. The second-order valence-electron chi connectivity index (χ2n) is 4.55. The Morgan fingerprint density at radius 1 is 1.38 bits per heavy atom. The van der Waals surface area contributed by atoms with Gasteiger partial charge in [0.2, 0.25) is 0 Å². The van der Waals surface area contributed by atoms with E-state index in [1.165, 1.54) is 5.56 Å². The molecule has 1 N–H and O–H groups in total. The normalized spacial score (nSPS) is 19.2. The van der Waals surface area contributed by atoms with Crippen LogP contribution in [0.5, 0.6) is 5.75 Å². The molecule has 1 heterocycles. The van der Waals surface area contributed by atoms with Crippen LogP contribution in [-0.4, -0.2) is 38.2 Å². The van der Waals surface area contributed by atoms with Gasteiger partial charge in [0.15, 0.2) is 0 Å². The number of likely N-dealkylation sites (N-methyl/N-ethyl adjacent to an activating group) is 1. The minimum Gasteiger partial charge on any atom is -0.496 e. The maximum absolute atomic E-state index is 5.37. The van der Waals surface area contributed by atoms with Crippen molar-refractivity contribution in [1.82, 2.24) is 10.2 Å². The third-order valence-electron chi connectivity index (χ3n) is 3.16. The molecule has 16 heavy (non-hydrogen) atoms. The lowest BCUT2D eigenvalue weighted by Gasteiger charge is -2.38. The van der Waals surface area contributed by atoms with Crippen LogP contribution < -0.4 is 10.1 Å². The summed E-state index contributed by atoms with van der Waals surface area (Å²) >= 11 is 0. The van der Waals surface area contributed by atoms with Crippen LogP contribution >= 0.6 is 0 Å². The number of likely N-dealkylation sites (tertiary alicyclic amines) is 1. The SMILES string of the molecule is COc1ccccc1C(C)NC1CN(C)C1. The Bertz CT molecular complexity index is 348. The number of para-hydroxylation sites is 1. The van der Waals surface area contributed by atoms with Gasteiger partial charge in [-0.15, -0.1) is 0 Å². The van der Waals surface area contributed by atoms with Gasteiger partial charge in [0, 0.05) is 30.7 Å². The maximum Gasteiger partial charge on any atom is 0.123 e. The summed E-state index contributed by atoms with van der Waals surface area (Å²) in [5, 5.41) is 3.62. The van der Waals surface area contributed by atoms with Crippen LogP contribution in [0.25, 0.3) is 0 Å². The maximum atomic E-state index is 5.37. The van der Waals surface area contributed by atoms with Gasteiger partial charge < -0.3 is 15.0 Å². The second kappa shape index (κ2) is 4.85. The average Bonchev–Trinajstić information content (AvgIpc) is 2.27. The molecule has 3 nitrogen and oxygen atoms in total. The Labute approximate surface area is 97.4 Å². The standard InChI is InChI=1S/C13H20N2O/c1-10(14-11-8-15(2)9-11)12-6-4-5-7-13(12)16-3/h4-7,10-11,14H,8-9H2,1-3H3. The molecule has 0 aliphatic carbocycles. The van der Waals surface area contributed by atoms with Crippen LogP contribution in [-0.2, 0) is 0 Å². The first-order valence-electron chi connectivity index (χ1n) is 5.78. The zero-order valence-electron chi connectivity index (χ0n) is 10.2. The molecule has 0 amide bonds. The molecule has 3 heteroatoms. The van der Waals surface area contributed by atoms with E-state index in [2.05, 4.69) is 36.3 Å². The summed E-state index contributed by atoms with van der Waals surface area (Å²) in [6, 6.07) is 9.16. The largest absolute Gasteiger partial charge is 0.496 e. The summed E-state index contributed by atoms with van der Waals surface area (Å²) in [5.41, 5.74) is 1.24. The van der Waals surface area contributed by atoms with Crippen LogP contribution in [0, 0.1) is 0 Å². The van der Waals surface area contributed by atoms with Crippen molar-refractivity contribution < 1.29 is 4.74 Å². The fraction of sp³-hybridized carbons (Fsp3) is 0.538. The minimum atomic E-state index is 0.342. The lowest BCUT2D eigenvalue weighted by Crippen LogP contribution is -2.56. The molecule has 1 atom stereocenters. The first-order valence-corrected chi connectivity index (χ1v) is 5.78. The first kappa shape index (κ1) is 11.4. The summed E-state index contributed by atoms with van der Waals surface area (Å²) in [4.78, 5) is 2.31. The van der Waals surface area contributed by atoms with Crippen LogP contribution in [0.1, 0.15) is 18.5 Å². The van der Waals surface area contributed by atoms with E-state index >= 15 is 0 Å². The van der Waals surface area contributed by atoms with E-state index in [4.69, 9.17) is 4.74 Å². The van der Waals surface area contributed by atoms with E-state index in [1.807, 2.05) is 12.1 Å². The fourth-order valence-corrected chi connectivity index (χ4v) is 2.27. The van der Waals surface area contributed by atoms with E-state index in [9.17, 15) is 0 Å². The molecule has 88 valence electrons. The number of ether oxygens (including phenoxy) is 1. The summed E-state index contributed by atoms with van der Waals surface area (Å²) in [5.74, 6) is 0.968. The smallest absolute Gasteiger partial charge is 0.123 e. The Hall–Kier alpha value is -1.06. The quantitative estimate of drug-likeness (QED) is 0.835. The van der Waals surface area contributed by atoms with E-state index < -0.39 is 0 Å². The van der Waals surface area contributed by atoms with Gasteiger partial charge in [-0.2, -0.15) is 0 Å². The van der Waals surface area contributed by atoms with Crippen LogP contribution in [0.2, 0.25) is 0 Å². The van der Waals surface area contributed by atoms with Crippen molar-refractivity contribution in [2.45, 2.75) is 19.0 Å². The van der Waals surface area contributed by atoms with Gasteiger partial charge in [0.05, 0.1) is 7.11 Å². The lowest BCUT2D eigenvalue weighted by molar-refractivity contribution is 0.152. The minimum absolute atomic E-state index is 0.342. The number of rotatable bonds is 4. The van der Waals surface area contributed by atoms with Crippen molar-refractivity contribution in [1.29, 1.82) is 0 Å². The van der Waals surface area contributed by atoms with Crippen molar-refractivity contribution in [3.05, 3.63) is 29.8 Å². The molecule has 1 saturated heterocycles. The molecule has 0 saturated carbocycles. The van der Waals surface area contributed by atoms with Crippen molar-refractivity contribution >= 4 is 0 Å². The highest BCUT2D eigenvalue weighted by molar-refractivity contribution is 5.35. The Morgan fingerprint density at radius 2 is 2.06 bits per heavy atom. The molecule has 0 bridgehead atoms. The lowest BCUT2D eigenvalue weighted by atomic mass is 10.0. The third kappa shape index (κ3) is 2.36. The fourth-order valence-electron chi connectivity index (χ4n) is 2.27. The molecular formula is C13H20N2O. The molecular weight excluding hydrogens is 200 g/mol. The number of hydrogen-bond acceptors (Lipinski definition) is 3. The van der Waals surface area contributed by atoms with Gasteiger partial charge >= 0.3 is 0 Å². The monoisotopic (exact) mass is 220 g/mol. The summed E-state index contributed by atoms with van der Waals surface area (Å²) in [6.45, 7) is 4.47. The summed E-state index contributed by atoms with van der Waals surface area (Å²) in [6.07, 6.45) is 0. The van der Waals surface area contributed by atoms with Crippen molar-refractivity contribution in [2.24, 2.45) is 0 Å². The van der Waals surface area contributed by atoms with Gasteiger partial charge in [-0.3, -0.25) is 0 Å². The molecule has 0 aromatic heterocycles. The number of nitrogens with one attached hydrogen (secondary N) is 1. The molecule has 1 aliphatic heterocycles.